The van der Waals surface area contributed by atoms with Gasteiger partial charge >= 0.3 is 0 Å². The summed E-state index contributed by atoms with van der Waals surface area (Å²) in [5.41, 5.74) is 2.56. The van der Waals surface area contributed by atoms with Gasteiger partial charge in [-0.3, -0.25) is 9.78 Å². The fraction of sp³-hybridized carbons (Fsp3) is 0.500. The number of pyridine rings is 1. The van der Waals surface area contributed by atoms with Gasteiger partial charge in [0.1, 0.15) is 6.29 Å². The van der Waals surface area contributed by atoms with Gasteiger partial charge in [0.15, 0.2) is 8.32 Å². The third kappa shape index (κ3) is 4.69. The van der Waals surface area contributed by atoms with Crippen LogP contribution < -0.4 is 0 Å². The first-order chi connectivity index (χ1) is 9.15. The second-order valence-corrected chi connectivity index (χ2v) is 11.5. The lowest BCUT2D eigenvalue weighted by molar-refractivity contribution is 0.112. The number of aromatic nitrogens is 1. The zero-order valence-corrected chi connectivity index (χ0v) is 14.4. The Balaban J connectivity index is 2.73. The Labute approximate surface area is 123 Å². The lowest BCUT2D eigenvalue weighted by atomic mass is 10.2. The van der Waals surface area contributed by atoms with Crippen molar-refractivity contribution in [3.8, 4) is 0 Å². The van der Waals surface area contributed by atoms with Gasteiger partial charge < -0.3 is 4.43 Å². The van der Waals surface area contributed by atoms with E-state index in [9.17, 15) is 4.79 Å². The summed E-state index contributed by atoms with van der Waals surface area (Å²) in [6.45, 7) is 13.8. The maximum Gasteiger partial charge on any atom is 0.192 e. The molecule has 20 heavy (non-hydrogen) atoms. The first-order valence-electron chi connectivity index (χ1n) is 6.88. The molecular formula is C16H25NO2Si. The van der Waals surface area contributed by atoms with Crippen molar-refractivity contribution in [1.82, 2.24) is 4.98 Å². The van der Waals surface area contributed by atoms with Crippen molar-refractivity contribution in [2.45, 2.75) is 45.8 Å². The number of aldehydes is 1. The molecule has 1 rings (SSSR count). The fourth-order valence-corrected chi connectivity index (χ4v) is 2.44. The molecule has 0 aromatic carbocycles. The molecule has 0 radical (unpaired) electrons. The van der Waals surface area contributed by atoms with E-state index in [1.807, 2.05) is 13.0 Å². The third-order valence-electron chi connectivity index (χ3n) is 3.80. The Kier molecular flexibility index (Phi) is 5.42. The minimum atomic E-state index is -1.72. The molecule has 0 fully saturated rings. The van der Waals surface area contributed by atoms with E-state index in [2.05, 4.69) is 38.8 Å². The van der Waals surface area contributed by atoms with Gasteiger partial charge in [-0.25, -0.2) is 0 Å². The Morgan fingerprint density at radius 2 is 2.05 bits per heavy atom. The smallest absolute Gasteiger partial charge is 0.192 e. The summed E-state index contributed by atoms with van der Waals surface area (Å²) in [6, 6.07) is 3.48. The molecule has 1 heterocycles. The third-order valence-corrected chi connectivity index (χ3v) is 8.28. The second-order valence-electron chi connectivity index (χ2n) is 6.67. The van der Waals surface area contributed by atoms with Crippen molar-refractivity contribution in [3.63, 3.8) is 0 Å². The number of carbonyl (C=O) groups is 1. The fourth-order valence-electron chi connectivity index (χ4n) is 1.42. The Bertz CT molecular complexity index is 501. The van der Waals surface area contributed by atoms with Gasteiger partial charge in [-0.05, 0) is 48.8 Å². The molecule has 0 spiro atoms. The summed E-state index contributed by atoms with van der Waals surface area (Å²) in [4.78, 5) is 15.0. The highest BCUT2D eigenvalue weighted by molar-refractivity contribution is 6.74. The van der Waals surface area contributed by atoms with Crippen molar-refractivity contribution >= 4 is 20.7 Å². The molecule has 0 atom stereocenters. The molecule has 3 nitrogen and oxygen atoms in total. The number of hydrogen-bond acceptors (Lipinski definition) is 3. The van der Waals surface area contributed by atoms with E-state index < -0.39 is 8.32 Å². The van der Waals surface area contributed by atoms with Gasteiger partial charge in [0.25, 0.3) is 0 Å². The quantitative estimate of drug-likeness (QED) is 0.599. The van der Waals surface area contributed by atoms with Crippen LogP contribution in [0.2, 0.25) is 18.1 Å². The zero-order chi connectivity index (χ0) is 15.4. The molecule has 1 aromatic heterocycles. The standard InChI is InChI=1S/C16H25NO2Si/c1-13(12-19-20(5,6)16(2,3)4)9-15-10-14(11-18)7-8-17-15/h7-11H,12H2,1-6H3/b13-9+. The zero-order valence-electron chi connectivity index (χ0n) is 13.4. The summed E-state index contributed by atoms with van der Waals surface area (Å²) in [5.74, 6) is 0. The minimum Gasteiger partial charge on any atom is -0.413 e. The van der Waals surface area contributed by atoms with Crippen LogP contribution in [0.4, 0.5) is 0 Å². The van der Waals surface area contributed by atoms with E-state index in [0.717, 1.165) is 17.6 Å². The summed E-state index contributed by atoms with van der Waals surface area (Å²) >= 11 is 0. The van der Waals surface area contributed by atoms with E-state index in [0.29, 0.717) is 12.2 Å². The molecular weight excluding hydrogens is 266 g/mol. The lowest BCUT2D eigenvalue weighted by Gasteiger charge is -2.36. The molecule has 0 amide bonds. The second kappa shape index (κ2) is 6.46. The average molecular weight is 291 g/mol. The Morgan fingerprint density at radius 1 is 1.40 bits per heavy atom. The Morgan fingerprint density at radius 3 is 2.60 bits per heavy atom. The molecule has 4 heteroatoms. The SMILES string of the molecule is C/C(=C\c1cc(C=O)ccn1)CO[Si](C)(C)C(C)(C)C. The van der Waals surface area contributed by atoms with Crippen LogP contribution in [0.1, 0.15) is 43.7 Å². The maximum atomic E-state index is 10.7. The van der Waals surface area contributed by atoms with E-state index in [1.54, 1.807) is 18.3 Å². The van der Waals surface area contributed by atoms with Crippen molar-refractivity contribution < 1.29 is 9.22 Å². The number of rotatable bonds is 5. The van der Waals surface area contributed by atoms with Crippen LogP contribution in [0, 0.1) is 0 Å². The molecule has 0 aliphatic heterocycles. The summed E-state index contributed by atoms with van der Waals surface area (Å²) < 4.78 is 6.16. The van der Waals surface area contributed by atoms with E-state index >= 15 is 0 Å². The molecule has 0 unspecified atom stereocenters. The Hall–Kier alpha value is -1.26. The summed E-state index contributed by atoms with van der Waals surface area (Å²) in [5, 5.41) is 0.211. The van der Waals surface area contributed by atoms with Gasteiger partial charge in [-0.2, -0.15) is 0 Å². The predicted octanol–water partition coefficient (Wildman–Crippen LogP) is 4.32. The van der Waals surface area contributed by atoms with Gasteiger partial charge in [-0.15, -0.1) is 0 Å². The first-order valence-corrected chi connectivity index (χ1v) is 9.79. The molecule has 1 aromatic rings. The highest BCUT2D eigenvalue weighted by Crippen LogP contribution is 2.36. The topological polar surface area (TPSA) is 39.2 Å². The van der Waals surface area contributed by atoms with E-state index in [-0.39, 0.29) is 5.04 Å². The molecule has 110 valence electrons. The first kappa shape index (κ1) is 16.8. The summed E-state index contributed by atoms with van der Waals surface area (Å²) in [7, 11) is -1.72. The van der Waals surface area contributed by atoms with E-state index in [1.165, 1.54) is 0 Å². The number of carbonyl (C=O) groups excluding carboxylic acids is 1. The van der Waals surface area contributed by atoms with Crippen molar-refractivity contribution in [2.24, 2.45) is 0 Å². The largest absolute Gasteiger partial charge is 0.413 e. The maximum absolute atomic E-state index is 10.7. The van der Waals surface area contributed by atoms with Gasteiger partial charge in [-0.1, -0.05) is 20.8 Å². The molecule has 0 saturated carbocycles. The van der Waals surface area contributed by atoms with Crippen LogP contribution in [0.15, 0.2) is 23.9 Å². The van der Waals surface area contributed by atoms with Crippen molar-refractivity contribution in [2.75, 3.05) is 6.61 Å². The van der Waals surface area contributed by atoms with Crippen LogP contribution in [-0.4, -0.2) is 26.2 Å². The van der Waals surface area contributed by atoms with Crippen LogP contribution in [0.25, 0.3) is 6.08 Å². The van der Waals surface area contributed by atoms with Crippen LogP contribution in [-0.2, 0) is 4.43 Å². The van der Waals surface area contributed by atoms with Crippen LogP contribution in [0.5, 0.6) is 0 Å². The number of nitrogens with zero attached hydrogens (tertiary/aromatic N) is 1. The highest BCUT2D eigenvalue weighted by Gasteiger charge is 2.36. The van der Waals surface area contributed by atoms with Gasteiger partial charge in [0, 0.05) is 11.8 Å². The molecule has 0 saturated heterocycles. The van der Waals surface area contributed by atoms with Crippen LogP contribution in [0.3, 0.4) is 0 Å². The van der Waals surface area contributed by atoms with E-state index in [4.69, 9.17) is 4.43 Å². The van der Waals surface area contributed by atoms with Crippen LogP contribution >= 0.6 is 0 Å². The van der Waals surface area contributed by atoms with Crippen molar-refractivity contribution in [3.05, 3.63) is 35.2 Å². The van der Waals surface area contributed by atoms with Crippen molar-refractivity contribution in [1.29, 1.82) is 0 Å². The average Bonchev–Trinajstić information content (AvgIpc) is 2.35. The van der Waals surface area contributed by atoms with Gasteiger partial charge in [0.2, 0.25) is 0 Å². The monoisotopic (exact) mass is 291 g/mol. The normalized spacial score (nSPS) is 13.4. The predicted molar refractivity (Wildman–Crippen MR) is 86.4 cm³/mol. The molecule has 0 N–H and O–H groups in total. The molecule has 0 aliphatic carbocycles. The van der Waals surface area contributed by atoms with Gasteiger partial charge in [0.05, 0.1) is 12.3 Å². The molecule has 0 aliphatic rings. The number of hydrogen-bond donors (Lipinski definition) is 0. The molecule has 0 bridgehead atoms. The lowest BCUT2D eigenvalue weighted by Crippen LogP contribution is -2.41. The summed E-state index contributed by atoms with van der Waals surface area (Å²) in [6.07, 6.45) is 4.46. The minimum absolute atomic E-state index is 0.211. The highest BCUT2D eigenvalue weighted by atomic mass is 28.4.